The number of aromatic nitrogens is 1. The number of ether oxygens (including phenoxy) is 1. The summed E-state index contributed by atoms with van der Waals surface area (Å²) in [6.07, 6.45) is 1.50. The van der Waals surface area contributed by atoms with Gasteiger partial charge in [-0.25, -0.2) is 9.78 Å². The molecule has 0 fully saturated rings. The first-order valence-corrected chi connectivity index (χ1v) is 6.44. The van der Waals surface area contributed by atoms with Crippen LogP contribution < -0.4 is 5.32 Å². The van der Waals surface area contributed by atoms with Gasteiger partial charge in [-0.3, -0.25) is 0 Å². The fourth-order valence-electron chi connectivity index (χ4n) is 1.60. The highest BCUT2D eigenvalue weighted by Gasteiger charge is 2.08. The van der Waals surface area contributed by atoms with E-state index in [1.165, 1.54) is 13.3 Å². The van der Waals surface area contributed by atoms with Crippen LogP contribution in [0.15, 0.2) is 41.0 Å². The first-order chi connectivity index (χ1) is 9.63. The van der Waals surface area contributed by atoms with E-state index in [1.807, 2.05) is 6.07 Å². The van der Waals surface area contributed by atoms with E-state index in [0.717, 1.165) is 4.47 Å². The van der Waals surface area contributed by atoms with Gasteiger partial charge in [0.2, 0.25) is 0 Å². The smallest absolute Gasteiger partial charge is 0.338 e. The number of methoxy groups -OCH3 is 1. The van der Waals surface area contributed by atoms with Crippen molar-refractivity contribution >= 4 is 33.4 Å². The SMILES string of the molecule is COC(=O)c1ccnc(Nc2ccc(Br)cc2C#N)c1. The number of esters is 1. The van der Waals surface area contributed by atoms with Gasteiger partial charge in [-0.15, -0.1) is 0 Å². The lowest BCUT2D eigenvalue weighted by molar-refractivity contribution is 0.0600. The molecule has 0 bridgehead atoms. The molecule has 0 amide bonds. The lowest BCUT2D eigenvalue weighted by atomic mass is 10.2. The zero-order valence-electron chi connectivity index (χ0n) is 10.6. The molecule has 0 spiro atoms. The van der Waals surface area contributed by atoms with Gasteiger partial charge in [-0.1, -0.05) is 15.9 Å². The molecule has 1 aromatic carbocycles. The van der Waals surface area contributed by atoms with Crippen LogP contribution in [0.1, 0.15) is 15.9 Å². The van der Waals surface area contributed by atoms with Crippen LogP contribution in [0.3, 0.4) is 0 Å². The molecular weight excluding hydrogens is 322 g/mol. The molecule has 0 unspecified atom stereocenters. The Balaban J connectivity index is 2.31. The molecule has 2 rings (SSSR count). The number of anilines is 2. The Labute approximate surface area is 124 Å². The average Bonchev–Trinajstić information content (AvgIpc) is 2.48. The van der Waals surface area contributed by atoms with Gasteiger partial charge in [-0.05, 0) is 30.3 Å². The maximum absolute atomic E-state index is 11.4. The van der Waals surface area contributed by atoms with E-state index in [9.17, 15) is 4.79 Å². The van der Waals surface area contributed by atoms with Crippen LogP contribution in [0.4, 0.5) is 11.5 Å². The number of nitrogens with one attached hydrogen (secondary N) is 1. The second kappa shape index (κ2) is 6.17. The summed E-state index contributed by atoms with van der Waals surface area (Å²) in [5.41, 5.74) is 1.48. The Bertz CT molecular complexity index is 695. The normalized spacial score (nSPS) is 9.65. The first kappa shape index (κ1) is 14.0. The van der Waals surface area contributed by atoms with E-state index in [2.05, 4.69) is 37.0 Å². The first-order valence-electron chi connectivity index (χ1n) is 5.65. The summed E-state index contributed by atoms with van der Waals surface area (Å²) in [5, 5.41) is 12.1. The summed E-state index contributed by atoms with van der Waals surface area (Å²) in [4.78, 5) is 15.6. The van der Waals surface area contributed by atoms with Gasteiger partial charge < -0.3 is 10.1 Å². The number of carbonyl (C=O) groups excluding carboxylic acids is 1. The predicted molar refractivity (Wildman–Crippen MR) is 77.7 cm³/mol. The van der Waals surface area contributed by atoms with Gasteiger partial charge in [0, 0.05) is 10.7 Å². The van der Waals surface area contributed by atoms with Crippen molar-refractivity contribution in [3.05, 3.63) is 52.1 Å². The lowest BCUT2D eigenvalue weighted by Crippen LogP contribution is -2.03. The quantitative estimate of drug-likeness (QED) is 0.874. The third-order valence-electron chi connectivity index (χ3n) is 2.55. The van der Waals surface area contributed by atoms with Crippen molar-refractivity contribution in [3.8, 4) is 6.07 Å². The number of halogens is 1. The van der Waals surface area contributed by atoms with Crippen LogP contribution in [0.2, 0.25) is 0 Å². The molecule has 0 radical (unpaired) electrons. The number of pyridine rings is 1. The second-order valence-electron chi connectivity index (χ2n) is 3.85. The van der Waals surface area contributed by atoms with Crippen LogP contribution in [-0.2, 0) is 4.74 Å². The Hall–Kier alpha value is -2.39. The Kier molecular flexibility index (Phi) is 4.33. The van der Waals surface area contributed by atoms with E-state index >= 15 is 0 Å². The van der Waals surface area contributed by atoms with Gasteiger partial charge >= 0.3 is 5.97 Å². The van der Waals surface area contributed by atoms with Gasteiger partial charge in [0.15, 0.2) is 0 Å². The average molecular weight is 332 g/mol. The summed E-state index contributed by atoms with van der Waals surface area (Å²) < 4.78 is 5.46. The molecule has 6 heteroatoms. The van der Waals surface area contributed by atoms with Crippen molar-refractivity contribution in [3.63, 3.8) is 0 Å². The maximum Gasteiger partial charge on any atom is 0.338 e. The number of nitrogens with zero attached hydrogens (tertiary/aromatic N) is 2. The van der Waals surface area contributed by atoms with E-state index < -0.39 is 5.97 Å². The fourth-order valence-corrected chi connectivity index (χ4v) is 1.96. The van der Waals surface area contributed by atoms with Crippen LogP contribution in [-0.4, -0.2) is 18.1 Å². The monoisotopic (exact) mass is 331 g/mol. The molecule has 1 aromatic heterocycles. The Morgan fingerprint density at radius 1 is 1.40 bits per heavy atom. The van der Waals surface area contributed by atoms with Crippen molar-refractivity contribution < 1.29 is 9.53 Å². The van der Waals surface area contributed by atoms with E-state index in [1.54, 1.807) is 24.3 Å². The summed E-state index contributed by atoms with van der Waals surface area (Å²) in [7, 11) is 1.32. The Morgan fingerprint density at radius 2 is 2.20 bits per heavy atom. The number of nitriles is 1. The van der Waals surface area contributed by atoms with Crippen molar-refractivity contribution in [1.82, 2.24) is 4.98 Å². The molecule has 0 saturated carbocycles. The van der Waals surface area contributed by atoms with Gasteiger partial charge in [0.05, 0.1) is 23.9 Å². The van der Waals surface area contributed by atoms with Crippen LogP contribution in [0, 0.1) is 11.3 Å². The molecule has 5 nitrogen and oxygen atoms in total. The zero-order valence-corrected chi connectivity index (χ0v) is 12.1. The number of hydrogen-bond donors (Lipinski definition) is 1. The highest BCUT2D eigenvalue weighted by molar-refractivity contribution is 9.10. The minimum atomic E-state index is -0.438. The molecule has 20 heavy (non-hydrogen) atoms. The van der Waals surface area contributed by atoms with Gasteiger partial charge in [-0.2, -0.15) is 5.26 Å². The van der Waals surface area contributed by atoms with Crippen molar-refractivity contribution in [2.24, 2.45) is 0 Å². The van der Waals surface area contributed by atoms with E-state index in [0.29, 0.717) is 22.6 Å². The molecule has 1 heterocycles. The lowest BCUT2D eigenvalue weighted by Gasteiger charge is -2.08. The highest BCUT2D eigenvalue weighted by atomic mass is 79.9. The fraction of sp³-hybridized carbons (Fsp3) is 0.0714. The molecular formula is C14H10BrN3O2. The topological polar surface area (TPSA) is 75.0 Å². The summed E-state index contributed by atoms with van der Waals surface area (Å²) >= 11 is 3.31. The molecule has 0 aliphatic carbocycles. The molecule has 0 aliphatic heterocycles. The molecule has 0 aliphatic rings. The number of benzene rings is 1. The van der Waals surface area contributed by atoms with Crippen LogP contribution in [0.25, 0.3) is 0 Å². The minimum Gasteiger partial charge on any atom is -0.465 e. The molecule has 2 aromatic rings. The molecule has 1 N–H and O–H groups in total. The molecule has 0 saturated heterocycles. The van der Waals surface area contributed by atoms with E-state index in [-0.39, 0.29) is 0 Å². The summed E-state index contributed by atoms with van der Waals surface area (Å²) in [6, 6.07) is 10.5. The van der Waals surface area contributed by atoms with Crippen molar-refractivity contribution in [2.75, 3.05) is 12.4 Å². The largest absolute Gasteiger partial charge is 0.465 e. The maximum atomic E-state index is 11.4. The summed E-state index contributed by atoms with van der Waals surface area (Å²) in [6.45, 7) is 0. The van der Waals surface area contributed by atoms with Crippen molar-refractivity contribution in [1.29, 1.82) is 5.26 Å². The highest BCUT2D eigenvalue weighted by Crippen LogP contribution is 2.23. The number of carbonyl (C=O) groups is 1. The predicted octanol–water partition coefficient (Wildman–Crippen LogP) is 3.25. The van der Waals surface area contributed by atoms with Crippen LogP contribution in [0.5, 0.6) is 0 Å². The zero-order chi connectivity index (χ0) is 14.5. The van der Waals surface area contributed by atoms with Crippen LogP contribution >= 0.6 is 15.9 Å². The van der Waals surface area contributed by atoms with Gasteiger partial charge in [0.25, 0.3) is 0 Å². The van der Waals surface area contributed by atoms with Gasteiger partial charge in [0.1, 0.15) is 11.9 Å². The Morgan fingerprint density at radius 3 is 2.90 bits per heavy atom. The van der Waals surface area contributed by atoms with Crippen molar-refractivity contribution in [2.45, 2.75) is 0 Å². The molecule has 0 atom stereocenters. The van der Waals surface area contributed by atoms with E-state index in [4.69, 9.17) is 5.26 Å². The second-order valence-corrected chi connectivity index (χ2v) is 4.76. The third-order valence-corrected chi connectivity index (χ3v) is 3.04. The number of hydrogen-bond acceptors (Lipinski definition) is 5. The molecule has 100 valence electrons. The standard InChI is InChI=1S/C14H10BrN3O2/c1-20-14(19)9-4-5-17-13(7-9)18-12-3-2-11(15)6-10(12)8-16/h2-7H,1H3,(H,17,18). The third kappa shape index (κ3) is 3.13. The minimum absolute atomic E-state index is 0.389. The number of rotatable bonds is 3. The summed E-state index contributed by atoms with van der Waals surface area (Å²) in [5.74, 6) is 0.0264.